The van der Waals surface area contributed by atoms with E-state index in [0.717, 1.165) is 5.56 Å². The van der Waals surface area contributed by atoms with E-state index < -0.39 is 5.41 Å². The van der Waals surface area contributed by atoms with Crippen molar-refractivity contribution in [3.8, 4) is 0 Å². The fourth-order valence-corrected chi connectivity index (χ4v) is 2.21. The first-order valence-corrected chi connectivity index (χ1v) is 6.89. The Kier molecular flexibility index (Phi) is 4.45. The Morgan fingerprint density at radius 1 is 1.25 bits per heavy atom. The summed E-state index contributed by atoms with van der Waals surface area (Å²) in [5.74, 6) is -0.465. The zero-order chi connectivity index (χ0) is 14.6. The van der Waals surface area contributed by atoms with E-state index in [0.29, 0.717) is 31.0 Å². The Morgan fingerprint density at radius 2 is 1.90 bits per heavy atom. The number of rotatable bonds is 6. The number of amides is 2. The zero-order valence-corrected chi connectivity index (χ0v) is 11.9. The van der Waals surface area contributed by atoms with E-state index in [1.54, 1.807) is 12.1 Å². The number of nitrogens with one attached hydrogen (secondary N) is 2. The van der Waals surface area contributed by atoms with E-state index in [4.69, 9.17) is 11.6 Å². The lowest BCUT2D eigenvalue weighted by Gasteiger charge is -2.15. The molecule has 1 saturated carbocycles. The van der Waals surface area contributed by atoms with Gasteiger partial charge in [-0.1, -0.05) is 35.9 Å². The van der Waals surface area contributed by atoms with Gasteiger partial charge in [-0.2, -0.15) is 0 Å². The number of halogens is 1. The zero-order valence-electron chi connectivity index (χ0n) is 11.1. The molecule has 1 fully saturated rings. The van der Waals surface area contributed by atoms with Crippen molar-refractivity contribution in [2.24, 2.45) is 5.41 Å². The maximum absolute atomic E-state index is 12.2. The smallest absolute Gasteiger partial charge is 0.235 e. The van der Waals surface area contributed by atoms with E-state index in [2.05, 4.69) is 17.2 Å². The average molecular weight is 293 g/mol. The van der Waals surface area contributed by atoms with E-state index in [1.807, 2.05) is 18.2 Å². The summed E-state index contributed by atoms with van der Waals surface area (Å²) in [5, 5.41) is 6.08. The normalized spacial score (nSPS) is 15.2. The molecule has 2 amide bonds. The van der Waals surface area contributed by atoms with Crippen molar-refractivity contribution < 1.29 is 9.59 Å². The van der Waals surface area contributed by atoms with Crippen molar-refractivity contribution in [2.75, 3.05) is 6.54 Å². The molecule has 106 valence electrons. The van der Waals surface area contributed by atoms with Gasteiger partial charge in [-0.3, -0.25) is 9.59 Å². The standard InChI is InChI=1S/C15H17ClN2O2/c1-2-9-17-13(19)15(7-8-15)14(20)18-10-11-5-3-4-6-12(11)16/h2-6H,1,7-10H2,(H,17,19)(H,18,20). The van der Waals surface area contributed by atoms with E-state index in [1.165, 1.54) is 0 Å². The number of benzene rings is 1. The van der Waals surface area contributed by atoms with Crippen molar-refractivity contribution in [1.29, 1.82) is 0 Å². The first-order valence-electron chi connectivity index (χ1n) is 6.51. The fraction of sp³-hybridized carbons (Fsp3) is 0.333. The summed E-state index contributed by atoms with van der Waals surface area (Å²) in [7, 11) is 0. The second kappa shape index (κ2) is 6.09. The lowest BCUT2D eigenvalue weighted by atomic mass is 10.0. The molecular formula is C15H17ClN2O2. The van der Waals surface area contributed by atoms with Crippen LogP contribution < -0.4 is 10.6 Å². The Labute approximate surface area is 123 Å². The summed E-state index contributed by atoms with van der Waals surface area (Å²) in [6, 6.07) is 7.31. The van der Waals surface area contributed by atoms with E-state index in [-0.39, 0.29) is 11.8 Å². The molecule has 2 rings (SSSR count). The van der Waals surface area contributed by atoms with Gasteiger partial charge in [-0.05, 0) is 24.5 Å². The van der Waals surface area contributed by atoms with Crippen LogP contribution >= 0.6 is 11.6 Å². The minimum absolute atomic E-state index is 0.228. The molecule has 0 spiro atoms. The molecule has 1 aromatic carbocycles. The highest BCUT2D eigenvalue weighted by atomic mass is 35.5. The number of hydrogen-bond acceptors (Lipinski definition) is 2. The van der Waals surface area contributed by atoms with Crippen LogP contribution in [0.2, 0.25) is 5.02 Å². The topological polar surface area (TPSA) is 58.2 Å². The van der Waals surface area contributed by atoms with Crippen LogP contribution in [0.25, 0.3) is 0 Å². The molecule has 2 N–H and O–H groups in total. The fourth-order valence-electron chi connectivity index (χ4n) is 2.00. The van der Waals surface area contributed by atoms with Crippen LogP contribution in [0.4, 0.5) is 0 Å². The highest BCUT2D eigenvalue weighted by Gasteiger charge is 2.56. The van der Waals surface area contributed by atoms with Crippen molar-refractivity contribution in [3.63, 3.8) is 0 Å². The Balaban J connectivity index is 1.93. The summed E-state index contributed by atoms with van der Waals surface area (Å²) in [4.78, 5) is 24.1. The van der Waals surface area contributed by atoms with Gasteiger partial charge in [0.05, 0.1) is 0 Å². The maximum atomic E-state index is 12.2. The van der Waals surface area contributed by atoms with Crippen LogP contribution in [0.15, 0.2) is 36.9 Å². The van der Waals surface area contributed by atoms with Crippen LogP contribution in [-0.2, 0) is 16.1 Å². The van der Waals surface area contributed by atoms with Crippen LogP contribution in [0.1, 0.15) is 18.4 Å². The quantitative estimate of drug-likeness (QED) is 0.623. The highest BCUT2D eigenvalue weighted by Crippen LogP contribution is 2.46. The molecule has 4 nitrogen and oxygen atoms in total. The van der Waals surface area contributed by atoms with Crippen LogP contribution in [0.3, 0.4) is 0 Å². The van der Waals surface area contributed by atoms with Crippen LogP contribution in [0, 0.1) is 5.41 Å². The first kappa shape index (κ1) is 14.6. The summed E-state index contributed by atoms with van der Waals surface area (Å²) < 4.78 is 0. The summed E-state index contributed by atoms with van der Waals surface area (Å²) in [6.07, 6.45) is 2.77. The SMILES string of the molecule is C=CCNC(=O)C1(C(=O)NCc2ccccc2Cl)CC1. The summed E-state index contributed by atoms with van der Waals surface area (Å²) >= 11 is 6.03. The molecule has 0 unspecified atom stereocenters. The summed E-state index contributed by atoms with van der Waals surface area (Å²) in [6.45, 7) is 4.24. The van der Waals surface area contributed by atoms with Crippen molar-refractivity contribution >= 4 is 23.4 Å². The molecule has 1 aliphatic rings. The van der Waals surface area contributed by atoms with Gasteiger partial charge < -0.3 is 10.6 Å². The minimum atomic E-state index is -0.899. The monoisotopic (exact) mass is 292 g/mol. The maximum Gasteiger partial charge on any atom is 0.235 e. The van der Waals surface area contributed by atoms with Crippen LogP contribution in [0.5, 0.6) is 0 Å². The third-order valence-corrected chi connectivity index (χ3v) is 3.79. The van der Waals surface area contributed by atoms with Crippen molar-refractivity contribution in [1.82, 2.24) is 10.6 Å². The van der Waals surface area contributed by atoms with Gasteiger partial charge >= 0.3 is 0 Å². The molecule has 0 heterocycles. The molecule has 0 aromatic heterocycles. The number of carbonyl (C=O) groups excluding carboxylic acids is 2. The minimum Gasteiger partial charge on any atom is -0.352 e. The van der Waals surface area contributed by atoms with Gasteiger partial charge in [0.2, 0.25) is 11.8 Å². The van der Waals surface area contributed by atoms with Gasteiger partial charge in [0.15, 0.2) is 0 Å². The second-order valence-corrected chi connectivity index (χ2v) is 5.26. The molecule has 0 aliphatic heterocycles. The number of carbonyl (C=O) groups is 2. The van der Waals surface area contributed by atoms with E-state index >= 15 is 0 Å². The average Bonchev–Trinajstić information content (AvgIpc) is 3.25. The lowest BCUT2D eigenvalue weighted by molar-refractivity contribution is -0.137. The number of hydrogen-bond donors (Lipinski definition) is 2. The molecule has 0 radical (unpaired) electrons. The molecule has 0 atom stereocenters. The molecule has 1 aromatic rings. The molecule has 0 bridgehead atoms. The van der Waals surface area contributed by atoms with Gasteiger partial charge in [-0.15, -0.1) is 6.58 Å². The van der Waals surface area contributed by atoms with Gasteiger partial charge in [-0.25, -0.2) is 0 Å². The predicted molar refractivity (Wildman–Crippen MR) is 78.2 cm³/mol. The Morgan fingerprint density at radius 3 is 2.50 bits per heavy atom. The molecule has 5 heteroatoms. The van der Waals surface area contributed by atoms with Gasteiger partial charge in [0.1, 0.15) is 5.41 Å². The van der Waals surface area contributed by atoms with Gasteiger partial charge in [0, 0.05) is 18.1 Å². The Bertz CT molecular complexity index is 538. The molecular weight excluding hydrogens is 276 g/mol. The third kappa shape index (κ3) is 3.02. The predicted octanol–water partition coefficient (Wildman–Crippen LogP) is 2.04. The lowest BCUT2D eigenvalue weighted by Crippen LogP contribution is -2.42. The molecule has 0 saturated heterocycles. The van der Waals surface area contributed by atoms with Crippen LogP contribution in [-0.4, -0.2) is 18.4 Å². The van der Waals surface area contributed by atoms with Crippen molar-refractivity contribution in [3.05, 3.63) is 47.5 Å². The highest BCUT2D eigenvalue weighted by molar-refractivity contribution is 6.31. The van der Waals surface area contributed by atoms with Gasteiger partial charge in [0.25, 0.3) is 0 Å². The third-order valence-electron chi connectivity index (χ3n) is 3.42. The Hall–Kier alpha value is -1.81. The molecule has 1 aliphatic carbocycles. The van der Waals surface area contributed by atoms with Crippen molar-refractivity contribution in [2.45, 2.75) is 19.4 Å². The first-order chi connectivity index (χ1) is 9.60. The van der Waals surface area contributed by atoms with E-state index in [9.17, 15) is 9.59 Å². The summed E-state index contributed by atoms with van der Waals surface area (Å²) in [5.41, 5.74) is -0.0608. The second-order valence-electron chi connectivity index (χ2n) is 4.85. The molecule has 20 heavy (non-hydrogen) atoms. The largest absolute Gasteiger partial charge is 0.352 e.